The molecule has 3 aromatic carbocycles. The third-order valence-corrected chi connectivity index (χ3v) is 6.94. The highest BCUT2D eigenvalue weighted by molar-refractivity contribution is 6.32. The van der Waals surface area contributed by atoms with Crippen molar-refractivity contribution in [1.82, 2.24) is 35.7 Å². The number of amides is 2. The maximum atomic E-state index is 13.6. The first kappa shape index (κ1) is 30.3. The number of benzene rings is 3. The van der Waals surface area contributed by atoms with Crippen LogP contribution in [0, 0.1) is 5.82 Å². The molecular weight excluding hydrogens is 610 g/mol. The van der Waals surface area contributed by atoms with Gasteiger partial charge in [-0.05, 0) is 82.6 Å². The Bertz CT molecular complexity index is 1800. The van der Waals surface area contributed by atoms with E-state index in [0.29, 0.717) is 38.8 Å². The average molecular weight is 633 g/mol. The molecule has 5 rings (SSSR count). The van der Waals surface area contributed by atoms with E-state index in [1.54, 1.807) is 66.7 Å². The molecule has 44 heavy (non-hydrogen) atoms. The van der Waals surface area contributed by atoms with Crippen LogP contribution < -0.4 is 10.6 Å². The molecule has 1 unspecified atom stereocenters. The number of nitrogens with one attached hydrogen (secondary N) is 2. The van der Waals surface area contributed by atoms with Crippen LogP contribution in [-0.4, -0.2) is 49.5 Å². The van der Waals surface area contributed by atoms with Crippen LogP contribution in [0.25, 0.3) is 22.9 Å². The van der Waals surface area contributed by atoms with Gasteiger partial charge in [0.1, 0.15) is 12.1 Å². The zero-order chi connectivity index (χ0) is 31.1. The number of ether oxygens (including phenoxy) is 1. The van der Waals surface area contributed by atoms with Gasteiger partial charge in [0.05, 0.1) is 24.5 Å². The highest BCUT2D eigenvalue weighted by atomic mass is 35.5. The summed E-state index contributed by atoms with van der Waals surface area (Å²) in [6.45, 7) is 0. The zero-order valence-electron chi connectivity index (χ0n) is 23.0. The molecule has 2 N–H and O–H groups in total. The normalized spacial score (nSPS) is 11.7. The lowest BCUT2D eigenvalue weighted by atomic mass is 10.00. The summed E-state index contributed by atoms with van der Waals surface area (Å²) >= 11 is 12.6. The van der Waals surface area contributed by atoms with E-state index in [0.717, 1.165) is 5.56 Å². The molecule has 0 bridgehead atoms. The summed E-state index contributed by atoms with van der Waals surface area (Å²) in [5, 5.41) is 25.8. The van der Waals surface area contributed by atoms with Crippen LogP contribution in [0.15, 0.2) is 85.2 Å². The number of halogens is 3. The minimum absolute atomic E-state index is 0.144. The number of anilines is 1. The SMILES string of the molecule is COC(=O)Nc1ccc(-c2cc(C(Cc3ccc(F)cc3)NC(=O)C=Cc3cc(Cl)ccc3-n3cnnn3)nnc2Cl)cc1. The number of hydrogen-bond acceptors (Lipinski definition) is 8. The maximum Gasteiger partial charge on any atom is 0.411 e. The van der Waals surface area contributed by atoms with Gasteiger partial charge in [-0.3, -0.25) is 10.1 Å². The first-order valence-corrected chi connectivity index (χ1v) is 13.8. The van der Waals surface area contributed by atoms with E-state index in [1.165, 1.54) is 36.3 Å². The third-order valence-electron chi connectivity index (χ3n) is 6.42. The molecule has 14 heteroatoms. The Balaban J connectivity index is 1.43. The quantitative estimate of drug-likeness (QED) is 0.193. The van der Waals surface area contributed by atoms with Crippen LogP contribution in [-0.2, 0) is 16.0 Å². The molecule has 0 aliphatic heterocycles. The Morgan fingerprint density at radius 1 is 1.02 bits per heavy atom. The number of aromatic nitrogens is 6. The number of rotatable bonds is 9. The van der Waals surface area contributed by atoms with Crippen molar-refractivity contribution >= 4 is 47.0 Å². The van der Waals surface area contributed by atoms with E-state index in [2.05, 4.69) is 41.1 Å². The van der Waals surface area contributed by atoms with Crippen molar-refractivity contribution < 1.29 is 18.7 Å². The van der Waals surface area contributed by atoms with E-state index in [-0.39, 0.29) is 17.4 Å². The molecule has 0 fully saturated rings. The first-order valence-electron chi connectivity index (χ1n) is 13.0. The number of carbonyl (C=O) groups is 2. The molecule has 222 valence electrons. The van der Waals surface area contributed by atoms with Gasteiger partial charge in [0.25, 0.3) is 0 Å². The monoisotopic (exact) mass is 632 g/mol. The van der Waals surface area contributed by atoms with Crippen molar-refractivity contribution in [3.05, 3.63) is 118 Å². The average Bonchev–Trinajstić information content (AvgIpc) is 3.56. The van der Waals surface area contributed by atoms with Crippen molar-refractivity contribution in [2.45, 2.75) is 12.5 Å². The van der Waals surface area contributed by atoms with Gasteiger partial charge in [0.15, 0.2) is 5.15 Å². The number of nitrogens with zero attached hydrogens (tertiary/aromatic N) is 6. The number of carbonyl (C=O) groups excluding carboxylic acids is 2. The van der Waals surface area contributed by atoms with E-state index in [4.69, 9.17) is 23.2 Å². The van der Waals surface area contributed by atoms with Gasteiger partial charge in [-0.1, -0.05) is 47.5 Å². The maximum absolute atomic E-state index is 13.6. The summed E-state index contributed by atoms with van der Waals surface area (Å²) in [6.07, 6.45) is 4.06. The molecule has 0 saturated heterocycles. The molecule has 0 radical (unpaired) electrons. The van der Waals surface area contributed by atoms with E-state index in [1.807, 2.05) is 0 Å². The minimum Gasteiger partial charge on any atom is -0.453 e. The lowest BCUT2D eigenvalue weighted by Crippen LogP contribution is -2.29. The van der Waals surface area contributed by atoms with Crippen LogP contribution in [0.4, 0.5) is 14.9 Å². The summed E-state index contributed by atoms with van der Waals surface area (Å²) in [5.74, 6) is -0.813. The summed E-state index contributed by atoms with van der Waals surface area (Å²) in [5.41, 5.74) is 4.18. The predicted molar refractivity (Wildman–Crippen MR) is 163 cm³/mol. The molecule has 1 atom stereocenters. The number of hydrogen-bond donors (Lipinski definition) is 2. The van der Waals surface area contributed by atoms with Gasteiger partial charge >= 0.3 is 6.09 Å². The van der Waals surface area contributed by atoms with Gasteiger partial charge < -0.3 is 10.1 Å². The fraction of sp³-hybridized carbons (Fsp3) is 0.100. The van der Waals surface area contributed by atoms with Gasteiger partial charge in [0, 0.05) is 27.9 Å². The second-order valence-electron chi connectivity index (χ2n) is 9.35. The molecule has 2 aromatic heterocycles. The second kappa shape index (κ2) is 13.8. The number of methoxy groups -OCH3 is 1. The van der Waals surface area contributed by atoms with E-state index >= 15 is 0 Å². The van der Waals surface area contributed by atoms with E-state index in [9.17, 15) is 14.0 Å². The van der Waals surface area contributed by atoms with Gasteiger partial charge in [-0.25, -0.2) is 9.18 Å². The van der Waals surface area contributed by atoms with Crippen molar-refractivity contribution in [3.63, 3.8) is 0 Å². The summed E-state index contributed by atoms with van der Waals surface area (Å²) in [7, 11) is 1.27. The Morgan fingerprint density at radius 2 is 1.80 bits per heavy atom. The number of tetrazole rings is 1. The van der Waals surface area contributed by atoms with Gasteiger partial charge in [-0.15, -0.1) is 10.2 Å². The fourth-order valence-electron chi connectivity index (χ4n) is 4.28. The van der Waals surface area contributed by atoms with Crippen molar-refractivity contribution in [2.24, 2.45) is 0 Å². The minimum atomic E-state index is -0.667. The molecule has 0 aliphatic rings. The lowest BCUT2D eigenvalue weighted by molar-refractivity contribution is -0.117. The van der Waals surface area contributed by atoms with Crippen LogP contribution in [0.2, 0.25) is 10.2 Å². The molecular formula is C30H23Cl2FN8O3. The standard InChI is InChI=1S/C30H23Cl2FN8O3/c1-44-30(43)35-23-10-4-19(5-11-23)24-16-26(37-38-29(24)32)25(14-18-2-8-22(33)9-3-18)36-28(42)13-6-20-15-21(31)7-12-27(20)41-17-34-39-40-41/h2-13,15-17,25H,14H2,1H3,(H,35,43)(H,36,42). The van der Waals surface area contributed by atoms with Crippen LogP contribution >= 0.6 is 23.2 Å². The summed E-state index contributed by atoms with van der Waals surface area (Å²) < 4.78 is 19.7. The molecule has 0 aliphatic carbocycles. The first-order chi connectivity index (χ1) is 21.3. The van der Waals surface area contributed by atoms with Crippen molar-refractivity contribution in [1.29, 1.82) is 0 Å². The highest BCUT2D eigenvalue weighted by Gasteiger charge is 2.19. The smallest absolute Gasteiger partial charge is 0.411 e. The summed E-state index contributed by atoms with van der Waals surface area (Å²) in [6, 6.07) is 19.0. The topological polar surface area (TPSA) is 137 Å². The van der Waals surface area contributed by atoms with Crippen LogP contribution in [0.3, 0.4) is 0 Å². The lowest BCUT2D eigenvalue weighted by Gasteiger charge is -2.18. The molecule has 2 amide bonds. The largest absolute Gasteiger partial charge is 0.453 e. The van der Waals surface area contributed by atoms with Crippen LogP contribution in [0.1, 0.15) is 22.9 Å². The van der Waals surface area contributed by atoms with Gasteiger partial charge in [-0.2, -0.15) is 9.78 Å². The predicted octanol–water partition coefficient (Wildman–Crippen LogP) is 5.86. The Hall–Kier alpha value is -5.20. The van der Waals surface area contributed by atoms with E-state index < -0.39 is 18.0 Å². The van der Waals surface area contributed by atoms with Crippen molar-refractivity contribution in [2.75, 3.05) is 12.4 Å². The molecule has 0 spiro atoms. The van der Waals surface area contributed by atoms with Gasteiger partial charge in [0.2, 0.25) is 5.91 Å². The molecule has 2 heterocycles. The Morgan fingerprint density at radius 3 is 2.50 bits per heavy atom. The zero-order valence-corrected chi connectivity index (χ0v) is 24.5. The third kappa shape index (κ3) is 7.60. The Labute approximate surface area is 260 Å². The molecule has 11 nitrogen and oxygen atoms in total. The summed E-state index contributed by atoms with van der Waals surface area (Å²) in [4.78, 5) is 24.8. The molecule has 5 aromatic rings. The van der Waals surface area contributed by atoms with Crippen LogP contribution in [0.5, 0.6) is 0 Å². The molecule has 0 saturated carbocycles. The highest BCUT2D eigenvalue weighted by Crippen LogP contribution is 2.30. The second-order valence-corrected chi connectivity index (χ2v) is 10.1. The fourth-order valence-corrected chi connectivity index (χ4v) is 4.66. The van der Waals surface area contributed by atoms with Crippen molar-refractivity contribution in [3.8, 4) is 16.8 Å². The Kier molecular flexibility index (Phi) is 9.52.